The molecule has 3 unspecified atom stereocenters. The molecule has 0 aromatic heterocycles. The summed E-state index contributed by atoms with van der Waals surface area (Å²) < 4.78 is 23.4. The molecular formula is C36H76N2O6P+. The first-order chi connectivity index (χ1) is 21.5. The van der Waals surface area contributed by atoms with E-state index in [0.717, 1.165) is 38.5 Å². The van der Waals surface area contributed by atoms with Crippen molar-refractivity contribution in [1.82, 2.24) is 5.32 Å². The molecule has 0 aliphatic rings. The van der Waals surface area contributed by atoms with Gasteiger partial charge in [0, 0.05) is 6.42 Å². The highest BCUT2D eigenvalue weighted by molar-refractivity contribution is 7.47. The molecule has 0 rings (SSSR count). The zero-order chi connectivity index (χ0) is 33.7. The van der Waals surface area contributed by atoms with E-state index in [1.165, 1.54) is 109 Å². The van der Waals surface area contributed by atoms with Crippen LogP contribution in [0, 0.1) is 0 Å². The second-order valence-electron chi connectivity index (χ2n) is 14.3. The van der Waals surface area contributed by atoms with Gasteiger partial charge in [-0.05, 0) is 12.8 Å². The zero-order valence-electron chi connectivity index (χ0n) is 30.4. The van der Waals surface area contributed by atoms with E-state index in [0.29, 0.717) is 23.9 Å². The van der Waals surface area contributed by atoms with Crippen LogP contribution in [0.2, 0.25) is 0 Å². The average Bonchev–Trinajstić information content (AvgIpc) is 2.97. The monoisotopic (exact) mass is 664 g/mol. The lowest BCUT2D eigenvalue weighted by atomic mass is 10.0. The van der Waals surface area contributed by atoms with Crippen LogP contribution in [-0.2, 0) is 18.4 Å². The Kier molecular flexibility index (Phi) is 29.3. The van der Waals surface area contributed by atoms with E-state index in [9.17, 15) is 19.4 Å². The third-order valence-electron chi connectivity index (χ3n) is 8.61. The number of rotatable bonds is 34. The van der Waals surface area contributed by atoms with Crippen LogP contribution in [0.3, 0.4) is 0 Å². The molecule has 0 aromatic carbocycles. The Hall–Kier alpha value is -0.500. The van der Waals surface area contributed by atoms with Gasteiger partial charge < -0.3 is 19.8 Å². The summed E-state index contributed by atoms with van der Waals surface area (Å²) in [6.07, 6.45) is 28.6. The molecule has 0 aliphatic heterocycles. The number of likely N-dealkylation sites (N-methyl/N-ethyl adjacent to an activating group) is 1. The number of unbranched alkanes of at least 4 members (excludes halogenated alkanes) is 21. The van der Waals surface area contributed by atoms with Crippen molar-refractivity contribution < 1.29 is 32.9 Å². The number of quaternary nitrogens is 1. The molecule has 0 heterocycles. The highest BCUT2D eigenvalue weighted by Gasteiger charge is 2.28. The van der Waals surface area contributed by atoms with E-state index >= 15 is 0 Å². The molecule has 45 heavy (non-hydrogen) atoms. The van der Waals surface area contributed by atoms with Crippen LogP contribution in [0.5, 0.6) is 0 Å². The molecule has 0 aliphatic carbocycles. The van der Waals surface area contributed by atoms with Crippen molar-refractivity contribution in [3.05, 3.63) is 0 Å². The van der Waals surface area contributed by atoms with Gasteiger partial charge in [0.1, 0.15) is 13.2 Å². The molecule has 0 aromatic rings. The van der Waals surface area contributed by atoms with E-state index in [-0.39, 0.29) is 19.1 Å². The molecule has 270 valence electrons. The summed E-state index contributed by atoms with van der Waals surface area (Å²) in [5.74, 6) is -0.153. The van der Waals surface area contributed by atoms with Gasteiger partial charge >= 0.3 is 7.82 Å². The molecule has 3 N–H and O–H groups in total. The molecule has 9 heteroatoms. The summed E-state index contributed by atoms with van der Waals surface area (Å²) >= 11 is 0. The quantitative estimate of drug-likeness (QED) is 0.0360. The highest BCUT2D eigenvalue weighted by Crippen LogP contribution is 2.43. The maximum absolute atomic E-state index is 12.6. The van der Waals surface area contributed by atoms with E-state index in [1.54, 1.807) is 0 Å². The van der Waals surface area contributed by atoms with Crippen LogP contribution >= 0.6 is 7.82 Å². The van der Waals surface area contributed by atoms with Crippen molar-refractivity contribution in [1.29, 1.82) is 0 Å². The fraction of sp³-hybridized carbons (Fsp3) is 0.972. The van der Waals surface area contributed by atoms with Crippen molar-refractivity contribution in [2.75, 3.05) is 40.9 Å². The van der Waals surface area contributed by atoms with Crippen molar-refractivity contribution in [2.45, 2.75) is 187 Å². The van der Waals surface area contributed by atoms with Crippen LogP contribution in [0.25, 0.3) is 0 Å². The minimum absolute atomic E-state index is 0.0775. The lowest BCUT2D eigenvalue weighted by Crippen LogP contribution is -2.46. The Labute approximate surface area is 279 Å². The van der Waals surface area contributed by atoms with Crippen molar-refractivity contribution in [2.24, 2.45) is 0 Å². The van der Waals surface area contributed by atoms with Gasteiger partial charge in [-0.25, -0.2) is 4.57 Å². The van der Waals surface area contributed by atoms with Gasteiger partial charge in [0.05, 0.1) is 39.9 Å². The Bertz CT molecular complexity index is 718. The number of hydrogen-bond acceptors (Lipinski definition) is 5. The third-order valence-corrected chi connectivity index (χ3v) is 9.59. The molecule has 8 nitrogen and oxygen atoms in total. The van der Waals surface area contributed by atoms with Crippen molar-refractivity contribution in [3.63, 3.8) is 0 Å². The molecule has 0 radical (unpaired) electrons. The summed E-state index contributed by atoms with van der Waals surface area (Å²) in [7, 11) is 1.62. The van der Waals surface area contributed by atoms with E-state index in [2.05, 4.69) is 19.2 Å². The summed E-state index contributed by atoms with van der Waals surface area (Å²) in [5, 5.41) is 13.8. The van der Waals surface area contributed by atoms with Gasteiger partial charge in [0.25, 0.3) is 0 Å². The topological polar surface area (TPSA) is 105 Å². The Morgan fingerprint density at radius 2 is 1.07 bits per heavy atom. The van der Waals surface area contributed by atoms with Crippen molar-refractivity contribution in [3.8, 4) is 0 Å². The number of aliphatic hydroxyl groups excluding tert-OH is 1. The summed E-state index contributed by atoms with van der Waals surface area (Å²) in [5.41, 5.74) is 0. The van der Waals surface area contributed by atoms with Crippen LogP contribution in [0.15, 0.2) is 0 Å². The normalized spacial score (nSPS) is 14.7. The second kappa shape index (κ2) is 29.6. The van der Waals surface area contributed by atoms with Gasteiger partial charge in [0.2, 0.25) is 5.91 Å². The first-order valence-corrected chi connectivity index (χ1v) is 20.4. The number of amides is 1. The number of phosphoric ester groups is 1. The lowest BCUT2D eigenvalue weighted by molar-refractivity contribution is -0.870. The summed E-state index contributed by atoms with van der Waals surface area (Å²) in [6.45, 7) is 4.82. The molecule has 0 saturated carbocycles. The number of nitrogens with zero attached hydrogens (tertiary/aromatic N) is 1. The predicted octanol–water partition coefficient (Wildman–Crippen LogP) is 9.46. The van der Waals surface area contributed by atoms with Crippen LogP contribution in [0.1, 0.15) is 174 Å². The average molecular weight is 664 g/mol. The fourth-order valence-corrected chi connectivity index (χ4v) is 6.25. The number of carbonyl (C=O) groups excluding carboxylic acids is 1. The molecular weight excluding hydrogens is 587 g/mol. The van der Waals surface area contributed by atoms with Crippen LogP contribution in [0.4, 0.5) is 0 Å². The number of phosphoric acid groups is 1. The Morgan fingerprint density at radius 1 is 0.667 bits per heavy atom. The third kappa shape index (κ3) is 31.8. The first kappa shape index (κ1) is 44.5. The standard InChI is InChI=1S/C36H75N2O6P/c1-6-8-10-12-14-15-16-17-18-19-20-21-22-23-24-25-27-29-35(39)34(37-36(40)30-28-26-13-11-9-7-2)33-44-45(41,42)43-32-31-38(3,4)5/h34-35,39H,6-33H2,1-5H3,(H-,37,40,41,42)/p+1. The minimum atomic E-state index is -4.29. The minimum Gasteiger partial charge on any atom is -0.391 e. The number of aliphatic hydroxyl groups is 1. The summed E-state index contributed by atoms with van der Waals surface area (Å²) in [4.78, 5) is 22.8. The molecule has 3 atom stereocenters. The molecule has 1 amide bonds. The van der Waals surface area contributed by atoms with E-state index in [4.69, 9.17) is 9.05 Å². The summed E-state index contributed by atoms with van der Waals surface area (Å²) in [6, 6.07) is -0.749. The van der Waals surface area contributed by atoms with Crippen molar-refractivity contribution >= 4 is 13.7 Å². The first-order valence-electron chi connectivity index (χ1n) is 18.9. The Morgan fingerprint density at radius 3 is 1.49 bits per heavy atom. The van der Waals surface area contributed by atoms with Gasteiger partial charge in [-0.2, -0.15) is 0 Å². The number of carbonyl (C=O) groups is 1. The van der Waals surface area contributed by atoms with E-state index in [1.807, 2.05) is 21.1 Å². The van der Waals surface area contributed by atoms with Crippen LogP contribution < -0.4 is 5.32 Å². The maximum atomic E-state index is 12.6. The molecule has 0 saturated heterocycles. The molecule has 0 spiro atoms. The smallest absolute Gasteiger partial charge is 0.391 e. The largest absolute Gasteiger partial charge is 0.472 e. The molecule has 0 fully saturated rings. The number of nitrogens with one attached hydrogen (secondary N) is 1. The number of hydrogen-bond donors (Lipinski definition) is 3. The van der Waals surface area contributed by atoms with Gasteiger partial charge in [-0.3, -0.25) is 13.8 Å². The van der Waals surface area contributed by atoms with Crippen LogP contribution in [-0.4, -0.2) is 73.4 Å². The second-order valence-corrected chi connectivity index (χ2v) is 15.8. The van der Waals surface area contributed by atoms with E-state index < -0.39 is 20.0 Å². The highest BCUT2D eigenvalue weighted by atomic mass is 31.2. The fourth-order valence-electron chi connectivity index (χ4n) is 5.52. The van der Waals surface area contributed by atoms with Gasteiger partial charge in [-0.15, -0.1) is 0 Å². The lowest BCUT2D eigenvalue weighted by Gasteiger charge is -2.26. The Balaban J connectivity index is 4.29. The zero-order valence-corrected chi connectivity index (χ0v) is 31.3. The predicted molar refractivity (Wildman–Crippen MR) is 189 cm³/mol. The van der Waals surface area contributed by atoms with Gasteiger partial charge in [0.15, 0.2) is 0 Å². The van der Waals surface area contributed by atoms with Gasteiger partial charge in [-0.1, -0.05) is 155 Å². The maximum Gasteiger partial charge on any atom is 0.472 e. The SMILES string of the molecule is CCCCCCCCCCCCCCCCCCCC(O)C(COP(=O)(O)OCC[N+](C)(C)C)NC(=O)CCCCCCCC. The molecule has 0 bridgehead atoms.